The number of nitrogens with one attached hydrogen (secondary N) is 1. The Hall–Kier alpha value is -2.10. The lowest BCUT2D eigenvalue weighted by molar-refractivity contribution is -0.137. The van der Waals surface area contributed by atoms with Crippen LogP contribution in [0.1, 0.15) is 24.1 Å². The number of alkyl halides is 3. The van der Waals surface area contributed by atoms with Crippen molar-refractivity contribution in [2.45, 2.75) is 31.5 Å². The molecule has 1 aromatic carbocycles. The second kappa shape index (κ2) is 8.95. The lowest BCUT2D eigenvalue weighted by Crippen LogP contribution is -2.55. The highest BCUT2D eigenvalue weighted by molar-refractivity contribution is 5.85. The van der Waals surface area contributed by atoms with Crippen LogP contribution in [0, 0.1) is 6.92 Å². The Balaban J connectivity index is 0.00000256. The number of benzene rings is 1. The minimum atomic E-state index is -4.42. The molecule has 1 N–H and O–H groups in total. The summed E-state index contributed by atoms with van der Waals surface area (Å²) in [4.78, 5) is 11.0. The lowest BCUT2D eigenvalue weighted by atomic mass is 9.90. The summed E-state index contributed by atoms with van der Waals surface area (Å²) < 4.78 is 50.4. The van der Waals surface area contributed by atoms with Crippen LogP contribution < -0.4 is 15.0 Å². The van der Waals surface area contributed by atoms with Gasteiger partial charge in [0, 0.05) is 37.9 Å². The summed E-state index contributed by atoms with van der Waals surface area (Å²) in [5.74, 6) is 0.830. The average molecular weight is 445 g/mol. The van der Waals surface area contributed by atoms with E-state index in [2.05, 4.69) is 20.2 Å². The molecule has 2 aliphatic rings. The van der Waals surface area contributed by atoms with E-state index in [0.29, 0.717) is 11.6 Å². The normalized spacial score (nSPS) is 18.7. The molecule has 3 heterocycles. The maximum absolute atomic E-state index is 12.9. The van der Waals surface area contributed by atoms with E-state index in [1.807, 2.05) is 6.92 Å². The van der Waals surface area contributed by atoms with Crippen molar-refractivity contribution in [2.75, 3.05) is 37.7 Å². The van der Waals surface area contributed by atoms with Gasteiger partial charge in [0.1, 0.15) is 5.75 Å². The highest BCUT2D eigenvalue weighted by atomic mass is 35.5. The molecule has 0 atom stereocenters. The predicted molar refractivity (Wildman–Crippen MR) is 109 cm³/mol. The number of nitrogens with zero attached hydrogens (tertiary/aromatic N) is 3. The molecule has 2 aliphatic heterocycles. The van der Waals surface area contributed by atoms with Crippen LogP contribution >= 0.6 is 12.4 Å². The van der Waals surface area contributed by atoms with Crippen molar-refractivity contribution in [3.8, 4) is 11.6 Å². The molecule has 10 heteroatoms. The number of anilines is 1. The van der Waals surface area contributed by atoms with Crippen LogP contribution in [0.4, 0.5) is 19.1 Å². The highest BCUT2D eigenvalue weighted by Crippen LogP contribution is 2.33. The second-order valence-corrected chi connectivity index (χ2v) is 7.47. The molecule has 0 radical (unpaired) electrons. The first-order valence-corrected chi connectivity index (χ1v) is 9.63. The average Bonchev–Trinajstić information content (AvgIpc) is 2.68. The van der Waals surface area contributed by atoms with E-state index >= 15 is 0 Å². The maximum Gasteiger partial charge on any atom is 0.416 e. The summed E-state index contributed by atoms with van der Waals surface area (Å²) in [5.41, 5.74) is -0.202. The molecule has 0 amide bonds. The van der Waals surface area contributed by atoms with Crippen LogP contribution in [0.3, 0.4) is 0 Å². The smallest absolute Gasteiger partial charge is 0.416 e. The second-order valence-electron chi connectivity index (χ2n) is 7.47. The van der Waals surface area contributed by atoms with Crippen molar-refractivity contribution in [3.63, 3.8) is 0 Å². The van der Waals surface area contributed by atoms with E-state index in [4.69, 9.17) is 9.47 Å². The number of morpholine rings is 1. The van der Waals surface area contributed by atoms with Gasteiger partial charge in [0.25, 0.3) is 0 Å². The Labute approximate surface area is 179 Å². The predicted octanol–water partition coefficient (Wildman–Crippen LogP) is 3.98. The number of piperidine rings is 1. The summed E-state index contributed by atoms with van der Waals surface area (Å²) >= 11 is 0. The number of hydrogen-bond donors (Lipinski definition) is 1. The minimum Gasteiger partial charge on any atom is -0.439 e. The van der Waals surface area contributed by atoms with Crippen molar-refractivity contribution in [2.24, 2.45) is 0 Å². The van der Waals surface area contributed by atoms with Gasteiger partial charge in [0.05, 0.1) is 17.8 Å². The van der Waals surface area contributed by atoms with Gasteiger partial charge in [0.15, 0.2) is 0 Å². The van der Waals surface area contributed by atoms with Crippen molar-refractivity contribution < 1.29 is 22.6 Å². The number of ether oxygens (including phenoxy) is 2. The van der Waals surface area contributed by atoms with Gasteiger partial charge in [-0.15, -0.1) is 12.4 Å². The highest BCUT2D eigenvalue weighted by Gasteiger charge is 2.37. The SMILES string of the molecule is Cc1cc(Oc2cccc(C(F)(F)F)c2)nc(N2CCC3(CC2)CNCCO3)n1.Cl. The number of rotatable bonds is 3. The quantitative estimate of drug-likeness (QED) is 0.772. The first-order chi connectivity index (χ1) is 13.8. The van der Waals surface area contributed by atoms with Gasteiger partial charge in [-0.05, 0) is 38.0 Å². The molecule has 0 unspecified atom stereocenters. The van der Waals surface area contributed by atoms with E-state index < -0.39 is 11.7 Å². The molecule has 0 bridgehead atoms. The third-order valence-electron chi connectivity index (χ3n) is 5.29. The van der Waals surface area contributed by atoms with E-state index in [-0.39, 0.29) is 29.6 Å². The molecule has 0 aliphatic carbocycles. The summed E-state index contributed by atoms with van der Waals surface area (Å²) in [5, 5.41) is 3.39. The van der Waals surface area contributed by atoms with E-state index in [1.54, 1.807) is 6.07 Å². The molecule has 6 nitrogen and oxygen atoms in total. The Morgan fingerprint density at radius 2 is 1.93 bits per heavy atom. The van der Waals surface area contributed by atoms with Crippen molar-refractivity contribution in [3.05, 3.63) is 41.6 Å². The van der Waals surface area contributed by atoms with Gasteiger partial charge in [-0.1, -0.05) is 6.07 Å². The van der Waals surface area contributed by atoms with Gasteiger partial charge >= 0.3 is 6.18 Å². The summed E-state index contributed by atoms with van der Waals surface area (Å²) in [6.45, 7) is 5.74. The molecule has 164 valence electrons. The molecule has 1 spiro atoms. The zero-order valence-electron chi connectivity index (χ0n) is 16.5. The summed E-state index contributed by atoms with van der Waals surface area (Å²) in [6, 6.07) is 6.38. The fraction of sp³-hybridized carbons (Fsp3) is 0.500. The molecule has 2 aromatic rings. The first-order valence-electron chi connectivity index (χ1n) is 9.63. The first kappa shape index (κ1) is 22.6. The van der Waals surface area contributed by atoms with E-state index in [1.165, 1.54) is 12.1 Å². The number of hydrogen-bond acceptors (Lipinski definition) is 6. The van der Waals surface area contributed by atoms with Gasteiger partial charge in [-0.3, -0.25) is 0 Å². The molecule has 2 saturated heterocycles. The number of aryl methyl sites for hydroxylation is 1. The third kappa shape index (κ3) is 5.14. The molecule has 30 heavy (non-hydrogen) atoms. The maximum atomic E-state index is 12.9. The molecule has 0 saturated carbocycles. The monoisotopic (exact) mass is 444 g/mol. The van der Waals surface area contributed by atoms with E-state index in [0.717, 1.165) is 57.8 Å². The van der Waals surface area contributed by atoms with E-state index in [9.17, 15) is 13.2 Å². The van der Waals surface area contributed by atoms with Crippen molar-refractivity contribution >= 4 is 18.4 Å². The minimum absolute atomic E-state index is 0. The Morgan fingerprint density at radius 3 is 2.60 bits per heavy atom. The lowest BCUT2D eigenvalue weighted by Gasteiger charge is -2.44. The standard InChI is InChI=1S/C20H23F3N4O2.ClH/c1-14-11-17(29-16-4-2-3-15(12-16)20(21,22)23)26-18(25-14)27-8-5-19(6-9-27)13-24-7-10-28-19;/h2-4,11-12,24H,5-10,13H2,1H3;1H. The van der Waals surface area contributed by atoms with Crippen LogP contribution in [-0.2, 0) is 10.9 Å². The van der Waals surface area contributed by atoms with Gasteiger partial charge < -0.3 is 19.7 Å². The van der Waals surface area contributed by atoms with Crippen LogP contribution in [0.15, 0.2) is 30.3 Å². The Bertz CT molecular complexity index is 865. The van der Waals surface area contributed by atoms with Crippen LogP contribution in [0.25, 0.3) is 0 Å². The molecular weight excluding hydrogens is 421 g/mol. The van der Waals surface area contributed by atoms with Crippen molar-refractivity contribution in [1.29, 1.82) is 0 Å². The zero-order chi connectivity index (χ0) is 20.5. The Morgan fingerprint density at radius 1 is 1.17 bits per heavy atom. The fourth-order valence-corrected chi connectivity index (χ4v) is 3.72. The molecule has 1 aromatic heterocycles. The third-order valence-corrected chi connectivity index (χ3v) is 5.29. The number of halogens is 4. The Kier molecular flexibility index (Phi) is 6.74. The largest absolute Gasteiger partial charge is 0.439 e. The fourth-order valence-electron chi connectivity index (χ4n) is 3.72. The van der Waals surface area contributed by atoms with Gasteiger partial charge in [0.2, 0.25) is 11.8 Å². The zero-order valence-corrected chi connectivity index (χ0v) is 17.4. The topological polar surface area (TPSA) is 59.5 Å². The van der Waals surface area contributed by atoms with Crippen LogP contribution in [-0.4, -0.2) is 48.4 Å². The molecular formula is C20H24ClF3N4O2. The van der Waals surface area contributed by atoms with Crippen molar-refractivity contribution in [1.82, 2.24) is 15.3 Å². The van der Waals surface area contributed by atoms with Gasteiger partial charge in [-0.25, -0.2) is 4.98 Å². The summed E-state index contributed by atoms with van der Waals surface area (Å²) in [6.07, 6.45) is -2.70. The van der Waals surface area contributed by atoms with Gasteiger partial charge in [-0.2, -0.15) is 18.2 Å². The molecule has 4 rings (SSSR count). The van der Waals surface area contributed by atoms with Crippen LogP contribution in [0.5, 0.6) is 11.6 Å². The van der Waals surface area contributed by atoms with Crippen LogP contribution in [0.2, 0.25) is 0 Å². The number of aromatic nitrogens is 2. The summed E-state index contributed by atoms with van der Waals surface area (Å²) in [7, 11) is 0. The molecule has 2 fully saturated rings.